The predicted octanol–water partition coefficient (Wildman–Crippen LogP) is 1.86. The molecule has 2 aliphatic rings. The van der Waals surface area contributed by atoms with Crippen LogP contribution in [0, 0.1) is 17.8 Å². The van der Waals surface area contributed by atoms with Gasteiger partial charge in [-0.3, -0.25) is 14.5 Å². The van der Waals surface area contributed by atoms with Gasteiger partial charge >= 0.3 is 0 Å². The maximum atomic E-state index is 12.4. The van der Waals surface area contributed by atoms with Crippen LogP contribution in [0.4, 0.5) is 0 Å². The molecular weight excluding hydrogens is 260 g/mol. The van der Waals surface area contributed by atoms with Crippen molar-refractivity contribution in [3.63, 3.8) is 0 Å². The zero-order valence-electron chi connectivity index (χ0n) is 11.8. The van der Waals surface area contributed by atoms with E-state index in [1.54, 1.807) is 0 Å². The molecule has 0 aromatic rings. The molecule has 5 heteroatoms. The molecule has 2 rings (SSSR count). The zero-order chi connectivity index (χ0) is 14.4. The van der Waals surface area contributed by atoms with Crippen molar-refractivity contribution in [3.8, 4) is 0 Å². The highest BCUT2D eigenvalue weighted by Gasteiger charge is 2.54. The van der Waals surface area contributed by atoms with E-state index in [0.717, 1.165) is 12.8 Å². The molecule has 0 aromatic carbocycles. The molecule has 2 amide bonds. The molecule has 2 fully saturated rings. The Kier molecular flexibility index (Phi) is 3.69. The van der Waals surface area contributed by atoms with Crippen molar-refractivity contribution in [2.75, 3.05) is 0 Å². The van der Waals surface area contributed by atoms with E-state index in [4.69, 9.17) is 18.0 Å². The predicted molar refractivity (Wildman–Crippen MR) is 77.3 cm³/mol. The zero-order valence-corrected chi connectivity index (χ0v) is 12.6. The van der Waals surface area contributed by atoms with Crippen molar-refractivity contribution in [1.82, 2.24) is 4.90 Å². The van der Waals surface area contributed by atoms with Crippen LogP contribution in [0.25, 0.3) is 0 Å². The van der Waals surface area contributed by atoms with Gasteiger partial charge in [0.25, 0.3) is 0 Å². The lowest BCUT2D eigenvalue weighted by molar-refractivity contribution is -0.145. The van der Waals surface area contributed by atoms with Gasteiger partial charge in [-0.1, -0.05) is 33.0 Å². The van der Waals surface area contributed by atoms with Crippen LogP contribution in [0.15, 0.2) is 0 Å². The number of rotatable bonds is 2. The Morgan fingerprint density at radius 2 is 1.58 bits per heavy atom. The van der Waals surface area contributed by atoms with E-state index >= 15 is 0 Å². The van der Waals surface area contributed by atoms with Crippen LogP contribution in [0.2, 0.25) is 0 Å². The molecule has 0 aromatic heterocycles. The molecule has 1 saturated carbocycles. The summed E-state index contributed by atoms with van der Waals surface area (Å²) in [5.41, 5.74) is 5.21. The van der Waals surface area contributed by atoms with Crippen LogP contribution in [-0.4, -0.2) is 27.2 Å². The number of carbonyl (C=O) groups excluding carboxylic acids is 2. The van der Waals surface area contributed by atoms with Crippen molar-refractivity contribution in [2.24, 2.45) is 23.5 Å². The Labute approximate surface area is 119 Å². The van der Waals surface area contributed by atoms with Gasteiger partial charge in [-0.25, -0.2) is 0 Å². The molecular formula is C14H22N2O2S. The molecule has 2 atom stereocenters. The molecule has 1 saturated heterocycles. The fraction of sp³-hybridized carbons (Fsp3) is 0.786. The minimum absolute atomic E-state index is 0.111. The van der Waals surface area contributed by atoms with E-state index in [9.17, 15) is 9.59 Å². The second-order valence-corrected chi connectivity index (χ2v) is 6.61. The molecule has 19 heavy (non-hydrogen) atoms. The highest BCUT2D eigenvalue weighted by molar-refractivity contribution is 7.80. The topological polar surface area (TPSA) is 63.4 Å². The Morgan fingerprint density at radius 1 is 1.16 bits per heavy atom. The lowest BCUT2D eigenvalue weighted by atomic mass is 9.76. The molecule has 0 radical (unpaired) electrons. The van der Waals surface area contributed by atoms with Gasteiger partial charge in [0.05, 0.1) is 4.99 Å². The SMILES string of the molecule is CC1CCC(C(N)=S)(N2C(=O)C(C)C(C)C2=O)CC1. The van der Waals surface area contributed by atoms with Crippen molar-refractivity contribution >= 4 is 29.0 Å². The third kappa shape index (κ3) is 2.08. The summed E-state index contributed by atoms with van der Waals surface area (Å²) >= 11 is 5.22. The van der Waals surface area contributed by atoms with Gasteiger partial charge in [-0.15, -0.1) is 0 Å². The van der Waals surface area contributed by atoms with E-state index in [2.05, 4.69) is 6.92 Å². The maximum absolute atomic E-state index is 12.4. The summed E-state index contributed by atoms with van der Waals surface area (Å²) < 4.78 is 0. The lowest BCUT2D eigenvalue weighted by Gasteiger charge is -2.44. The largest absolute Gasteiger partial charge is 0.391 e. The van der Waals surface area contributed by atoms with Crippen molar-refractivity contribution in [1.29, 1.82) is 0 Å². The molecule has 1 heterocycles. The first-order chi connectivity index (χ1) is 8.81. The maximum Gasteiger partial charge on any atom is 0.233 e. The first-order valence-corrected chi connectivity index (χ1v) is 7.40. The molecule has 0 bridgehead atoms. The van der Waals surface area contributed by atoms with Crippen LogP contribution in [0.1, 0.15) is 46.5 Å². The molecule has 2 N–H and O–H groups in total. The Morgan fingerprint density at radius 3 is 1.95 bits per heavy atom. The summed E-state index contributed by atoms with van der Waals surface area (Å²) in [6.45, 7) is 5.80. The first-order valence-electron chi connectivity index (χ1n) is 6.99. The summed E-state index contributed by atoms with van der Waals surface area (Å²) in [5, 5.41) is 0. The fourth-order valence-electron chi connectivity index (χ4n) is 3.19. The molecule has 0 spiro atoms. The number of imide groups is 1. The monoisotopic (exact) mass is 282 g/mol. The van der Waals surface area contributed by atoms with Crippen LogP contribution in [0.5, 0.6) is 0 Å². The number of nitrogens with zero attached hydrogens (tertiary/aromatic N) is 1. The highest BCUT2D eigenvalue weighted by atomic mass is 32.1. The minimum Gasteiger partial charge on any atom is -0.391 e. The molecule has 1 aliphatic carbocycles. The summed E-state index contributed by atoms with van der Waals surface area (Å²) in [7, 11) is 0. The normalized spacial score (nSPS) is 39.7. The standard InChI is InChI=1S/C14H22N2O2S/c1-8-4-6-14(7-5-8,13(15)19)16-11(17)9(2)10(3)12(16)18/h8-10H,4-7H2,1-3H3,(H2,15,19). The van der Waals surface area contributed by atoms with Gasteiger partial charge in [0.1, 0.15) is 5.54 Å². The number of carbonyl (C=O) groups is 2. The van der Waals surface area contributed by atoms with E-state index in [-0.39, 0.29) is 23.7 Å². The van der Waals surface area contributed by atoms with Crippen LogP contribution in [0.3, 0.4) is 0 Å². The number of nitrogens with two attached hydrogens (primary N) is 1. The van der Waals surface area contributed by atoms with Gasteiger partial charge in [0.2, 0.25) is 11.8 Å². The summed E-state index contributed by atoms with van der Waals surface area (Å²) in [6.07, 6.45) is 3.33. The van der Waals surface area contributed by atoms with Crippen LogP contribution in [-0.2, 0) is 9.59 Å². The first kappa shape index (κ1) is 14.4. The van der Waals surface area contributed by atoms with Gasteiger partial charge in [-0.05, 0) is 31.6 Å². The van der Waals surface area contributed by atoms with Gasteiger partial charge in [-0.2, -0.15) is 0 Å². The molecule has 2 unspecified atom stereocenters. The molecule has 4 nitrogen and oxygen atoms in total. The second-order valence-electron chi connectivity index (χ2n) is 6.17. The Balaban J connectivity index is 2.38. The number of hydrogen-bond acceptors (Lipinski definition) is 3. The average molecular weight is 282 g/mol. The van der Waals surface area contributed by atoms with Crippen LogP contribution >= 0.6 is 12.2 Å². The third-order valence-electron chi connectivity index (χ3n) is 4.96. The fourth-order valence-corrected chi connectivity index (χ4v) is 3.48. The van der Waals surface area contributed by atoms with Gasteiger partial charge < -0.3 is 5.73 Å². The highest BCUT2D eigenvalue weighted by Crippen LogP contribution is 2.41. The lowest BCUT2D eigenvalue weighted by Crippen LogP contribution is -2.60. The van der Waals surface area contributed by atoms with Crippen molar-refractivity contribution in [3.05, 3.63) is 0 Å². The summed E-state index contributed by atoms with van der Waals surface area (Å²) in [6, 6.07) is 0. The van der Waals surface area contributed by atoms with E-state index in [0.29, 0.717) is 23.7 Å². The number of likely N-dealkylation sites (tertiary alicyclic amines) is 1. The van der Waals surface area contributed by atoms with Gasteiger partial charge in [0.15, 0.2) is 0 Å². The summed E-state index contributed by atoms with van der Waals surface area (Å²) in [5.74, 6) is -0.152. The average Bonchev–Trinajstić information content (AvgIpc) is 2.56. The molecule has 106 valence electrons. The third-order valence-corrected chi connectivity index (χ3v) is 5.34. The van der Waals surface area contributed by atoms with E-state index in [1.807, 2.05) is 13.8 Å². The quantitative estimate of drug-likeness (QED) is 0.620. The molecule has 1 aliphatic heterocycles. The van der Waals surface area contributed by atoms with Crippen molar-refractivity contribution < 1.29 is 9.59 Å². The second kappa shape index (κ2) is 4.85. The van der Waals surface area contributed by atoms with E-state index < -0.39 is 5.54 Å². The smallest absolute Gasteiger partial charge is 0.233 e. The summed E-state index contributed by atoms with van der Waals surface area (Å²) in [4.78, 5) is 26.5. The van der Waals surface area contributed by atoms with Gasteiger partial charge in [0, 0.05) is 11.8 Å². The number of hydrogen-bond donors (Lipinski definition) is 1. The van der Waals surface area contributed by atoms with Crippen LogP contribution < -0.4 is 5.73 Å². The Hall–Kier alpha value is -0.970. The van der Waals surface area contributed by atoms with Crippen molar-refractivity contribution in [2.45, 2.75) is 52.0 Å². The number of thiocarbonyl (C=S) groups is 1. The minimum atomic E-state index is -0.713. The van der Waals surface area contributed by atoms with E-state index in [1.165, 1.54) is 4.90 Å². The number of amides is 2. The Bertz CT molecular complexity index is 407.